The van der Waals surface area contributed by atoms with Crippen LogP contribution in [-0.2, 0) is 20.8 Å². The van der Waals surface area contributed by atoms with Gasteiger partial charge in [-0.2, -0.15) is 0 Å². The highest BCUT2D eigenvalue weighted by Crippen LogP contribution is 2.16. The minimum absolute atomic E-state index is 0.0231. The van der Waals surface area contributed by atoms with Crippen molar-refractivity contribution in [2.24, 2.45) is 11.5 Å². The zero-order valence-corrected chi connectivity index (χ0v) is 17.3. The Kier molecular flexibility index (Phi) is 13.8. The molecule has 0 aliphatic rings. The van der Waals surface area contributed by atoms with E-state index < -0.39 is 30.0 Å². The van der Waals surface area contributed by atoms with Crippen LogP contribution < -0.4 is 16.4 Å². The Morgan fingerprint density at radius 1 is 0.897 bits per heavy atom. The Hall–Kier alpha value is -2.07. The summed E-state index contributed by atoms with van der Waals surface area (Å²) in [5.74, 6) is -2.13. The molecule has 0 heterocycles. The molecule has 0 aromatic heterocycles. The van der Waals surface area contributed by atoms with Crippen molar-refractivity contribution >= 4 is 46.8 Å². The van der Waals surface area contributed by atoms with Crippen molar-refractivity contribution in [1.82, 2.24) is 0 Å². The molecule has 0 aliphatic carbocycles. The molecule has 0 amide bonds. The molecule has 7 N–H and O–H groups in total. The third kappa shape index (κ3) is 12.2. The highest BCUT2D eigenvalue weighted by atomic mass is 35.5. The van der Waals surface area contributed by atoms with Gasteiger partial charge in [0.15, 0.2) is 0 Å². The summed E-state index contributed by atoms with van der Waals surface area (Å²) in [6, 6.07) is 5.71. The lowest BCUT2D eigenvalue weighted by atomic mass is 10.1. The predicted octanol–water partition coefficient (Wildman–Crippen LogP) is 1.19. The molecule has 0 radical (unpaired) electrons. The first-order valence-corrected chi connectivity index (χ1v) is 9.83. The topological polar surface area (TPSA) is 167 Å². The number of aliphatic carboxylic acids is 3. The summed E-state index contributed by atoms with van der Waals surface area (Å²) in [5, 5.41) is 25.0. The predicted molar refractivity (Wildman–Crippen MR) is 112 cm³/mol. The number of benzene rings is 1. The number of alkyl halides is 2. The van der Waals surface area contributed by atoms with Gasteiger partial charge in [0.1, 0.15) is 12.1 Å². The Labute approximate surface area is 179 Å². The van der Waals surface area contributed by atoms with Gasteiger partial charge in [0.25, 0.3) is 0 Å². The molecule has 0 spiro atoms. The van der Waals surface area contributed by atoms with Crippen LogP contribution in [0.3, 0.4) is 0 Å². The van der Waals surface area contributed by atoms with E-state index in [1.54, 1.807) is 0 Å². The zero-order valence-electron chi connectivity index (χ0n) is 15.8. The van der Waals surface area contributed by atoms with E-state index in [1.165, 1.54) is 0 Å². The molecule has 0 aliphatic heterocycles. The number of anilines is 1. The second kappa shape index (κ2) is 14.9. The molecule has 1 aromatic carbocycles. The Morgan fingerprint density at radius 2 is 1.38 bits per heavy atom. The number of halogens is 2. The van der Waals surface area contributed by atoms with Crippen LogP contribution >= 0.6 is 23.2 Å². The summed E-state index contributed by atoms with van der Waals surface area (Å²) in [6.45, 7) is 1.45. The maximum absolute atomic E-state index is 10.7. The number of nitrogens with zero attached hydrogens (tertiary/aromatic N) is 1. The minimum Gasteiger partial charge on any atom is -0.481 e. The van der Waals surface area contributed by atoms with Crippen molar-refractivity contribution < 1.29 is 29.7 Å². The number of carboxylic acid groups (broad SMARTS) is 3. The van der Waals surface area contributed by atoms with Crippen molar-refractivity contribution in [2.75, 3.05) is 29.7 Å². The molecule has 11 heteroatoms. The van der Waals surface area contributed by atoms with Gasteiger partial charge in [0.05, 0.1) is 0 Å². The van der Waals surface area contributed by atoms with E-state index in [-0.39, 0.29) is 12.8 Å². The lowest BCUT2D eigenvalue weighted by molar-refractivity contribution is -0.140. The van der Waals surface area contributed by atoms with E-state index in [2.05, 4.69) is 4.90 Å². The smallest absolute Gasteiger partial charge is 0.320 e. The molecular weight excluding hydrogens is 425 g/mol. The quantitative estimate of drug-likeness (QED) is 0.293. The molecule has 0 bridgehead atoms. The molecule has 0 saturated heterocycles. The van der Waals surface area contributed by atoms with Gasteiger partial charge in [0, 0.05) is 37.0 Å². The minimum atomic E-state index is -1.17. The summed E-state index contributed by atoms with van der Waals surface area (Å²) in [6.07, 6.45) is 0.0960. The van der Waals surface area contributed by atoms with Crippen LogP contribution in [-0.4, -0.2) is 70.2 Å². The summed E-state index contributed by atoms with van der Waals surface area (Å²) in [4.78, 5) is 32.6. The monoisotopic (exact) mass is 451 g/mol. The fourth-order valence-corrected chi connectivity index (χ4v) is 2.57. The van der Waals surface area contributed by atoms with E-state index in [4.69, 9.17) is 50.0 Å². The van der Waals surface area contributed by atoms with Crippen LogP contribution in [0.4, 0.5) is 5.69 Å². The van der Waals surface area contributed by atoms with Gasteiger partial charge < -0.3 is 31.7 Å². The molecule has 164 valence electrons. The molecule has 1 rings (SSSR count). The average Bonchev–Trinajstić information content (AvgIpc) is 2.66. The van der Waals surface area contributed by atoms with Crippen molar-refractivity contribution in [3.8, 4) is 0 Å². The third-order valence-corrected chi connectivity index (χ3v) is 4.11. The molecule has 29 heavy (non-hydrogen) atoms. The SMILES string of the molecule is N[C@@H](CCC(=O)O)C(=O)O.N[C@@H](Cc1ccc(N(CCCl)CCCl)cc1)C(=O)O. The molecule has 1 aromatic rings. The van der Waals surface area contributed by atoms with Crippen LogP contribution in [0.2, 0.25) is 0 Å². The van der Waals surface area contributed by atoms with Gasteiger partial charge in [-0.15, -0.1) is 23.2 Å². The fourth-order valence-electron chi connectivity index (χ4n) is 2.16. The number of rotatable bonds is 12. The standard InChI is InChI=1S/C13H18Cl2N2O2.C5H9NO4/c14-5-7-17(8-6-15)11-3-1-10(2-4-11)9-12(16)13(18)19;6-3(5(9)10)1-2-4(7)8/h1-4,12H,5-9,16H2,(H,18,19);3H,1-2,6H2,(H,7,8)(H,9,10)/t12-;3-/m00/s1. The van der Waals surface area contributed by atoms with Gasteiger partial charge in [-0.3, -0.25) is 14.4 Å². The van der Waals surface area contributed by atoms with Crippen molar-refractivity contribution in [3.05, 3.63) is 29.8 Å². The largest absolute Gasteiger partial charge is 0.481 e. The third-order valence-electron chi connectivity index (χ3n) is 3.77. The second-order valence-electron chi connectivity index (χ2n) is 6.06. The maximum atomic E-state index is 10.7. The second-order valence-corrected chi connectivity index (χ2v) is 6.81. The number of carboxylic acids is 3. The maximum Gasteiger partial charge on any atom is 0.320 e. The number of hydrogen-bond donors (Lipinski definition) is 5. The number of nitrogens with two attached hydrogens (primary N) is 2. The van der Waals surface area contributed by atoms with Crippen LogP contribution in [0.15, 0.2) is 24.3 Å². The van der Waals surface area contributed by atoms with Crippen LogP contribution in [0.25, 0.3) is 0 Å². The van der Waals surface area contributed by atoms with Gasteiger partial charge in [-0.1, -0.05) is 12.1 Å². The Morgan fingerprint density at radius 3 is 1.76 bits per heavy atom. The van der Waals surface area contributed by atoms with Crippen molar-refractivity contribution in [3.63, 3.8) is 0 Å². The zero-order chi connectivity index (χ0) is 22.4. The van der Waals surface area contributed by atoms with Crippen molar-refractivity contribution in [1.29, 1.82) is 0 Å². The first kappa shape index (κ1) is 26.9. The Bertz CT molecular complexity index is 639. The van der Waals surface area contributed by atoms with Crippen molar-refractivity contribution in [2.45, 2.75) is 31.3 Å². The molecular formula is C18H27Cl2N3O6. The summed E-state index contributed by atoms with van der Waals surface area (Å²) in [7, 11) is 0. The van der Waals surface area contributed by atoms with E-state index in [0.717, 1.165) is 24.3 Å². The van der Waals surface area contributed by atoms with E-state index in [0.29, 0.717) is 18.2 Å². The molecule has 2 atom stereocenters. The molecule has 0 fully saturated rings. The molecule has 9 nitrogen and oxygen atoms in total. The fraction of sp³-hybridized carbons (Fsp3) is 0.500. The average molecular weight is 452 g/mol. The number of carbonyl (C=O) groups is 3. The summed E-state index contributed by atoms with van der Waals surface area (Å²) < 4.78 is 0. The lowest BCUT2D eigenvalue weighted by Crippen LogP contribution is -2.32. The van der Waals surface area contributed by atoms with Gasteiger partial charge >= 0.3 is 17.9 Å². The number of hydrogen-bond acceptors (Lipinski definition) is 6. The van der Waals surface area contributed by atoms with Gasteiger partial charge in [-0.25, -0.2) is 0 Å². The van der Waals surface area contributed by atoms with E-state index in [9.17, 15) is 14.4 Å². The lowest BCUT2D eigenvalue weighted by Gasteiger charge is -2.23. The van der Waals surface area contributed by atoms with Crippen LogP contribution in [0, 0.1) is 0 Å². The summed E-state index contributed by atoms with van der Waals surface area (Å²) in [5.41, 5.74) is 12.4. The van der Waals surface area contributed by atoms with Crippen LogP contribution in [0.5, 0.6) is 0 Å². The Balaban J connectivity index is 0.000000665. The van der Waals surface area contributed by atoms with Gasteiger partial charge in [-0.05, 0) is 30.5 Å². The van der Waals surface area contributed by atoms with E-state index in [1.807, 2.05) is 24.3 Å². The highest BCUT2D eigenvalue weighted by molar-refractivity contribution is 6.18. The summed E-state index contributed by atoms with van der Waals surface area (Å²) >= 11 is 11.5. The molecule has 0 saturated carbocycles. The van der Waals surface area contributed by atoms with E-state index >= 15 is 0 Å². The normalized spacial score (nSPS) is 12.3. The van der Waals surface area contributed by atoms with Crippen LogP contribution in [0.1, 0.15) is 18.4 Å². The van der Waals surface area contributed by atoms with Gasteiger partial charge in [0.2, 0.25) is 0 Å². The highest BCUT2D eigenvalue weighted by Gasteiger charge is 2.13. The first-order chi connectivity index (χ1) is 13.6. The first-order valence-electron chi connectivity index (χ1n) is 8.76. The molecule has 0 unspecified atom stereocenters.